The molecule has 95 valence electrons. The number of benzene rings is 1. The van der Waals surface area contributed by atoms with Crippen molar-refractivity contribution in [3.63, 3.8) is 0 Å². The summed E-state index contributed by atoms with van der Waals surface area (Å²) in [6.45, 7) is 4.76. The minimum Gasteiger partial charge on any atom is -0.104 e. The molecule has 3 radical (unpaired) electrons. The molecular formula is C17H20BSi. The summed E-state index contributed by atoms with van der Waals surface area (Å²) < 4.78 is 0. The molecule has 3 rings (SSSR count). The van der Waals surface area contributed by atoms with E-state index < -0.39 is 0 Å². The first-order chi connectivity index (χ1) is 9.28. The lowest BCUT2D eigenvalue weighted by atomic mass is 9.35. The molecular weight excluding hydrogens is 243 g/mol. The Morgan fingerprint density at radius 1 is 1.26 bits per heavy atom. The lowest BCUT2D eigenvalue weighted by Gasteiger charge is -2.40. The number of rotatable bonds is 3. The molecule has 2 bridgehead atoms. The topological polar surface area (TPSA) is 0 Å². The average molecular weight is 263 g/mol. The number of allylic oxidation sites excluding steroid dienone is 3. The molecule has 0 spiro atoms. The molecule has 1 aromatic rings. The molecule has 0 nitrogen and oxygen atoms in total. The van der Waals surface area contributed by atoms with Crippen LogP contribution in [0.5, 0.6) is 0 Å². The molecule has 2 atom stereocenters. The van der Waals surface area contributed by atoms with Crippen molar-refractivity contribution < 1.29 is 0 Å². The first kappa shape index (κ1) is 13.0. The SMILES string of the molecule is C=CCB1C[C@H]2CC(c3ccccc3)=C([Si])[C@@H](C1)C2. The van der Waals surface area contributed by atoms with Gasteiger partial charge >= 0.3 is 0 Å². The molecule has 0 N–H and O–H groups in total. The fourth-order valence-corrected chi connectivity index (χ4v) is 4.44. The highest BCUT2D eigenvalue weighted by Gasteiger charge is 2.35. The van der Waals surface area contributed by atoms with E-state index in [2.05, 4.69) is 53.2 Å². The summed E-state index contributed by atoms with van der Waals surface area (Å²) >= 11 is 0. The third kappa shape index (κ3) is 2.64. The molecule has 1 aliphatic heterocycles. The number of hydrogen-bond donors (Lipinski definition) is 0. The predicted octanol–water partition coefficient (Wildman–Crippen LogP) is 4.29. The smallest absolute Gasteiger partial charge is 0.104 e. The first-order valence-electron chi connectivity index (χ1n) is 7.39. The van der Waals surface area contributed by atoms with Crippen molar-refractivity contribution >= 4 is 22.5 Å². The van der Waals surface area contributed by atoms with Crippen LogP contribution < -0.4 is 0 Å². The van der Waals surface area contributed by atoms with Gasteiger partial charge in [0.1, 0.15) is 6.71 Å². The quantitative estimate of drug-likeness (QED) is 0.564. The van der Waals surface area contributed by atoms with Crippen molar-refractivity contribution in [2.45, 2.75) is 31.8 Å². The number of hydrogen-bond acceptors (Lipinski definition) is 0. The normalized spacial score (nSPS) is 26.5. The zero-order valence-corrected chi connectivity index (χ0v) is 12.4. The molecule has 1 fully saturated rings. The van der Waals surface area contributed by atoms with Crippen LogP contribution in [-0.4, -0.2) is 17.0 Å². The second kappa shape index (κ2) is 5.54. The van der Waals surface area contributed by atoms with Gasteiger partial charge in [0.2, 0.25) is 0 Å². The summed E-state index contributed by atoms with van der Waals surface area (Å²) in [4.78, 5) is 0. The van der Waals surface area contributed by atoms with Crippen molar-refractivity contribution in [2.75, 3.05) is 0 Å². The zero-order valence-electron chi connectivity index (χ0n) is 11.4. The molecule has 2 heteroatoms. The van der Waals surface area contributed by atoms with Crippen LogP contribution in [0.15, 0.2) is 48.2 Å². The minimum absolute atomic E-state index is 0.740. The van der Waals surface area contributed by atoms with E-state index in [9.17, 15) is 0 Å². The van der Waals surface area contributed by atoms with Crippen LogP contribution >= 0.6 is 0 Å². The second-order valence-corrected chi connectivity index (χ2v) is 6.66. The van der Waals surface area contributed by atoms with Gasteiger partial charge in [-0.3, -0.25) is 0 Å². The van der Waals surface area contributed by atoms with E-state index in [-0.39, 0.29) is 0 Å². The third-order valence-corrected chi connectivity index (χ3v) is 5.46. The van der Waals surface area contributed by atoms with Gasteiger partial charge in [0.15, 0.2) is 0 Å². The molecule has 0 unspecified atom stereocenters. The van der Waals surface area contributed by atoms with Gasteiger partial charge in [-0.25, -0.2) is 0 Å². The van der Waals surface area contributed by atoms with E-state index in [1.165, 1.54) is 42.6 Å². The van der Waals surface area contributed by atoms with E-state index in [4.69, 9.17) is 0 Å². The molecule has 0 amide bonds. The van der Waals surface area contributed by atoms with Crippen LogP contribution in [0.25, 0.3) is 5.57 Å². The molecule has 1 aromatic carbocycles. The van der Waals surface area contributed by atoms with Crippen LogP contribution in [-0.2, 0) is 0 Å². The third-order valence-electron chi connectivity index (χ3n) is 4.75. The lowest BCUT2D eigenvalue weighted by Crippen LogP contribution is -2.32. The fourth-order valence-electron chi connectivity index (χ4n) is 3.95. The largest absolute Gasteiger partial charge is 0.144 e. The van der Waals surface area contributed by atoms with Crippen LogP contribution in [0.4, 0.5) is 0 Å². The van der Waals surface area contributed by atoms with Gasteiger partial charge in [-0.1, -0.05) is 60.6 Å². The maximum absolute atomic E-state index is 3.97. The summed E-state index contributed by atoms with van der Waals surface area (Å²) in [6.07, 6.45) is 8.62. The maximum Gasteiger partial charge on any atom is 0.144 e. The Kier molecular flexibility index (Phi) is 3.79. The Bertz CT molecular complexity index is 491. The Labute approximate surface area is 120 Å². The maximum atomic E-state index is 3.97. The van der Waals surface area contributed by atoms with Gasteiger partial charge in [-0.15, -0.1) is 6.58 Å². The average Bonchev–Trinajstić information content (AvgIpc) is 2.44. The van der Waals surface area contributed by atoms with Gasteiger partial charge in [-0.05, 0) is 35.8 Å². The van der Waals surface area contributed by atoms with Gasteiger partial charge in [0.05, 0.1) is 10.2 Å². The Morgan fingerprint density at radius 3 is 2.79 bits per heavy atom. The van der Waals surface area contributed by atoms with Crippen molar-refractivity contribution in [3.05, 3.63) is 53.7 Å². The highest BCUT2D eigenvalue weighted by Crippen LogP contribution is 2.46. The molecule has 19 heavy (non-hydrogen) atoms. The van der Waals surface area contributed by atoms with E-state index in [0.29, 0.717) is 0 Å². The summed E-state index contributed by atoms with van der Waals surface area (Å²) in [6, 6.07) is 10.9. The van der Waals surface area contributed by atoms with E-state index >= 15 is 0 Å². The van der Waals surface area contributed by atoms with E-state index in [1.54, 1.807) is 5.57 Å². The van der Waals surface area contributed by atoms with Gasteiger partial charge < -0.3 is 0 Å². The van der Waals surface area contributed by atoms with E-state index in [1.807, 2.05) is 0 Å². The highest BCUT2D eigenvalue weighted by molar-refractivity contribution is 6.60. The predicted molar refractivity (Wildman–Crippen MR) is 85.7 cm³/mol. The Balaban J connectivity index is 1.88. The fraction of sp³-hybridized carbons (Fsp3) is 0.412. The van der Waals surface area contributed by atoms with Crippen LogP contribution in [0.3, 0.4) is 0 Å². The molecule has 0 saturated carbocycles. The van der Waals surface area contributed by atoms with Crippen molar-refractivity contribution in [3.8, 4) is 0 Å². The Morgan fingerprint density at radius 2 is 2.05 bits per heavy atom. The van der Waals surface area contributed by atoms with Crippen LogP contribution in [0.1, 0.15) is 18.4 Å². The molecule has 2 aliphatic rings. The minimum atomic E-state index is 0.740. The van der Waals surface area contributed by atoms with Crippen molar-refractivity contribution in [1.29, 1.82) is 0 Å². The van der Waals surface area contributed by atoms with Gasteiger partial charge in [0.25, 0.3) is 0 Å². The molecule has 1 heterocycles. The van der Waals surface area contributed by atoms with Crippen LogP contribution in [0, 0.1) is 11.8 Å². The molecule has 0 aromatic heterocycles. The number of fused-ring (bicyclic) bond motifs is 2. The van der Waals surface area contributed by atoms with Gasteiger partial charge in [-0.2, -0.15) is 0 Å². The van der Waals surface area contributed by atoms with Gasteiger partial charge in [0, 0.05) is 0 Å². The zero-order chi connectivity index (χ0) is 13.2. The van der Waals surface area contributed by atoms with Crippen LogP contribution in [0.2, 0.25) is 19.0 Å². The highest BCUT2D eigenvalue weighted by atomic mass is 28.1. The summed E-state index contributed by atoms with van der Waals surface area (Å²) in [5.74, 6) is 1.61. The lowest BCUT2D eigenvalue weighted by molar-refractivity contribution is 0.422. The standard InChI is InChI=1S/C17H20BSi/c1-2-8-18-11-13-9-15(12-18)17(19)16(10-13)14-6-4-3-5-7-14/h2-7,13,15H,1,8-12H2/t13-,15-/m1/s1. The van der Waals surface area contributed by atoms with Crippen molar-refractivity contribution in [1.82, 2.24) is 0 Å². The van der Waals surface area contributed by atoms with Crippen molar-refractivity contribution in [2.24, 2.45) is 11.8 Å². The van der Waals surface area contributed by atoms with E-state index in [0.717, 1.165) is 18.5 Å². The first-order valence-corrected chi connectivity index (χ1v) is 7.89. The summed E-state index contributed by atoms with van der Waals surface area (Å²) in [7, 11) is 3.97. The Hall–Kier alpha value is -1.02. The monoisotopic (exact) mass is 263 g/mol. The molecule has 1 aliphatic carbocycles. The second-order valence-electron chi connectivity index (χ2n) is 6.12. The molecule has 1 saturated heterocycles. The summed E-state index contributed by atoms with van der Waals surface area (Å²) in [5.41, 5.74) is 2.96. The summed E-state index contributed by atoms with van der Waals surface area (Å²) in [5, 5.41) is 1.47.